The first-order valence-electron chi connectivity index (χ1n) is 6.65. The molecule has 0 saturated carbocycles. The summed E-state index contributed by atoms with van der Waals surface area (Å²) in [5.41, 5.74) is -2.42. The molecule has 2 rings (SSSR count). The number of carbonyl (C=O) groups excluding carboxylic acids is 1. The van der Waals surface area contributed by atoms with Gasteiger partial charge in [-0.05, 0) is 18.2 Å². The van der Waals surface area contributed by atoms with Crippen LogP contribution >= 0.6 is 0 Å². The van der Waals surface area contributed by atoms with Crippen LogP contribution in [0.2, 0.25) is 0 Å². The van der Waals surface area contributed by atoms with Gasteiger partial charge in [0.05, 0.1) is 12.2 Å². The quantitative estimate of drug-likeness (QED) is 0.852. The first-order valence-corrected chi connectivity index (χ1v) is 6.65. The number of halogens is 3. The molecule has 1 aromatic carbocycles. The first-order chi connectivity index (χ1) is 10.7. The zero-order valence-electron chi connectivity index (χ0n) is 11.9. The lowest BCUT2D eigenvalue weighted by atomic mass is 9.99. The minimum absolute atomic E-state index is 0.109. The molecule has 1 atom stereocenters. The number of benzene rings is 1. The van der Waals surface area contributed by atoms with E-state index in [1.807, 2.05) is 0 Å². The van der Waals surface area contributed by atoms with E-state index in [1.54, 1.807) is 0 Å². The molecule has 126 valence electrons. The third-order valence-corrected chi connectivity index (χ3v) is 3.34. The van der Waals surface area contributed by atoms with Crippen molar-refractivity contribution in [2.45, 2.75) is 18.1 Å². The largest absolute Gasteiger partial charge is 0.484 e. The fourth-order valence-electron chi connectivity index (χ4n) is 2.10. The summed E-state index contributed by atoms with van der Waals surface area (Å²) in [4.78, 5) is 23.0. The molecule has 1 fully saturated rings. The molecular formula is C14H14F3NO5. The Bertz CT molecular complexity index is 596. The summed E-state index contributed by atoms with van der Waals surface area (Å²) >= 11 is 0. The van der Waals surface area contributed by atoms with Gasteiger partial charge in [-0.25, -0.2) is 4.79 Å². The molecular weight excluding hydrogens is 319 g/mol. The van der Waals surface area contributed by atoms with Gasteiger partial charge in [0.2, 0.25) is 0 Å². The summed E-state index contributed by atoms with van der Waals surface area (Å²) in [6.07, 6.45) is -4.41. The van der Waals surface area contributed by atoms with Crippen molar-refractivity contribution in [1.82, 2.24) is 5.32 Å². The summed E-state index contributed by atoms with van der Waals surface area (Å²) in [6.45, 7) is -0.574. The molecule has 1 aliphatic rings. The third kappa shape index (κ3) is 4.13. The molecule has 0 aromatic heterocycles. The number of carbonyl (C=O) groups is 2. The molecule has 23 heavy (non-hydrogen) atoms. The van der Waals surface area contributed by atoms with Crippen LogP contribution < -0.4 is 10.1 Å². The van der Waals surface area contributed by atoms with Crippen LogP contribution in [-0.4, -0.2) is 42.3 Å². The van der Waals surface area contributed by atoms with Gasteiger partial charge in [-0.2, -0.15) is 13.2 Å². The van der Waals surface area contributed by atoms with E-state index in [1.165, 1.54) is 6.07 Å². The number of rotatable bonds is 5. The third-order valence-electron chi connectivity index (χ3n) is 3.34. The molecule has 1 heterocycles. The Morgan fingerprint density at radius 2 is 2.13 bits per heavy atom. The number of alkyl halides is 3. The van der Waals surface area contributed by atoms with Crippen LogP contribution in [0.4, 0.5) is 13.2 Å². The maximum Gasteiger partial charge on any atom is 0.416 e. The van der Waals surface area contributed by atoms with Crippen LogP contribution in [0.15, 0.2) is 24.3 Å². The van der Waals surface area contributed by atoms with Crippen LogP contribution in [0, 0.1) is 0 Å². The van der Waals surface area contributed by atoms with Crippen molar-refractivity contribution in [2.75, 3.05) is 19.8 Å². The monoisotopic (exact) mass is 333 g/mol. The van der Waals surface area contributed by atoms with Crippen LogP contribution in [0.3, 0.4) is 0 Å². The number of hydrogen-bond acceptors (Lipinski definition) is 4. The zero-order valence-corrected chi connectivity index (χ0v) is 11.9. The lowest BCUT2D eigenvalue weighted by molar-refractivity contribution is -0.148. The second kappa shape index (κ2) is 6.45. The van der Waals surface area contributed by atoms with Crippen molar-refractivity contribution in [2.24, 2.45) is 0 Å². The van der Waals surface area contributed by atoms with E-state index in [4.69, 9.17) is 14.6 Å². The predicted molar refractivity (Wildman–Crippen MR) is 70.9 cm³/mol. The Hall–Kier alpha value is -2.29. The average molecular weight is 333 g/mol. The van der Waals surface area contributed by atoms with Crippen molar-refractivity contribution in [3.8, 4) is 5.75 Å². The summed E-state index contributed by atoms with van der Waals surface area (Å²) in [7, 11) is 0. The highest BCUT2D eigenvalue weighted by Crippen LogP contribution is 2.31. The van der Waals surface area contributed by atoms with Crippen molar-refractivity contribution in [3.05, 3.63) is 29.8 Å². The number of carboxylic acids is 1. The van der Waals surface area contributed by atoms with Gasteiger partial charge in [0.1, 0.15) is 5.75 Å². The predicted octanol–water partition coefficient (Wildman–Crippen LogP) is 1.44. The molecule has 9 heteroatoms. The van der Waals surface area contributed by atoms with E-state index in [0.29, 0.717) is 0 Å². The number of hydrogen-bond donors (Lipinski definition) is 2. The number of aliphatic carboxylic acids is 1. The fourth-order valence-corrected chi connectivity index (χ4v) is 2.10. The molecule has 1 aliphatic heterocycles. The van der Waals surface area contributed by atoms with E-state index in [0.717, 1.165) is 18.2 Å². The molecule has 6 nitrogen and oxygen atoms in total. The zero-order chi connectivity index (χ0) is 17.1. The number of amides is 1. The van der Waals surface area contributed by atoms with Gasteiger partial charge in [0.25, 0.3) is 5.91 Å². The highest BCUT2D eigenvalue weighted by atomic mass is 19.4. The van der Waals surface area contributed by atoms with E-state index >= 15 is 0 Å². The smallest absolute Gasteiger partial charge is 0.416 e. The molecule has 1 aromatic rings. The van der Waals surface area contributed by atoms with Crippen LogP contribution in [0.5, 0.6) is 5.75 Å². The first kappa shape index (κ1) is 17.1. The van der Waals surface area contributed by atoms with Gasteiger partial charge in [-0.15, -0.1) is 0 Å². The molecule has 0 aliphatic carbocycles. The second-order valence-electron chi connectivity index (χ2n) is 5.05. The summed E-state index contributed by atoms with van der Waals surface area (Å²) in [5.74, 6) is -2.13. The Balaban J connectivity index is 1.96. The lowest BCUT2D eigenvalue weighted by Gasteiger charge is -2.23. The van der Waals surface area contributed by atoms with Gasteiger partial charge in [0, 0.05) is 13.0 Å². The number of nitrogens with one attached hydrogen (secondary N) is 1. The fraction of sp³-hybridized carbons (Fsp3) is 0.429. The molecule has 1 unspecified atom stereocenters. The van der Waals surface area contributed by atoms with Gasteiger partial charge in [-0.3, -0.25) is 4.79 Å². The lowest BCUT2D eigenvalue weighted by Crippen LogP contribution is -2.56. The van der Waals surface area contributed by atoms with Crippen LogP contribution in [0.25, 0.3) is 0 Å². The summed E-state index contributed by atoms with van der Waals surface area (Å²) in [5, 5.41) is 11.5. The van der Waals surface area contributed by atoms with Crippen LogP contribution in [0.1, 0.15) is 12.0 Å². The van der Waals surface area contributed by atoms with Crippen molar-refractivity contribution in [3.63, 3.8) is 0 Å². The van der Waals surface area contributed by atoms with E-state index in [9.17, 15) is 22.8 Å². The standard InChI is InChI=1S/C14H14F3NO5/c15-14(16,17)9-2-1-3-10(6-9)23-7-11(19)18-13(12(20)21)4-5-22-8-13/h1-3,6H,4-5,7-8H2,(H,18,19)(H,20,21). The van der Waals surface area contributed by atoms with Crippen molar-refractivity contribution in [1.29, 1.82) is 0 Å². The Morgan fingerprint density at radius 3 is 2.70 bits per heavy atom. The SMILES string of the molecule is O=C(COc1cccc(C(F)(F)F)c1)NC1(C(=O)O)CCOC1. The Labute approximate surface area is 129 Å². The van der Waals surface area contributed by atoms with E-state index in [-0.39, 0.29) is 25.4 Å². The van der Waals surface area contributed by atoms with Crippen molar-refractivity contribution >= 4 is 11.9 Å². The van der Waals surface area contributed by atoms with Crippen molar-refractivity contribution < 1.29 is 37.3 Å². The topological polar surface area (TPSA) is 84.9 Å². The summed E-state index contributed by atoms with van der Waals surface area (Å²) < 4.78 is 47.7. The molecule has 0 bridgehead atoms. The molecule has 0 spiro atoms. The Kier molecular flexibility index (Phi) is 4.79. The Morgan fingerprint density at radius 1 is 1.39 bits per heavy atom. The molecule has 0 radical (unpaired) electrons. The number of ether oxygens (including phenoxy) is 2. The van der Waals surface area contributed by atoms with Gasteiger partial charge >= 0.3 is 12.1 Å². The van der Waals surface area contributed by atoms with Gasteiger partial charge in [-0.1, -0.05) is 6.07 Å². The van der Waals surface area contributed by atoms with Gasteiger partial charge in [0.15, 0.2) is 12.1 Å². The molecule has 2 N–H and O–H groups in total. The van der Waals surface area contributed by atoms with E-state index in [2.05, 4.69) is 5.32 Å². The van der Waals surface area contributed by atoms with Crippen LogP contribution in [-0.2, 0) is 20.5 Å². The highest BCUT2D eigenvalue weighted by molar-refractivity contribution is 5.88. The van der Waals surface area contributed by atoms with E-state index < -0.39 is 35.8 Å². The minimum Gasteiger partial charge on any atom is -0.484 e. The molecule has 1 amide bonds. The number of carboxylic acid groups (broad SMARTS) is 1. The maximum absolute atomic E-state index is 12.6. The maximum atomic E-state index is 12.6. The normalized spacial score (nSPS) is 21.0. The molecule has 1 saturated heterocycles. The minimum atomic E-state index is -4.52. The average Bonchev–Trinajstić information content (AvgIpc) is 2.94. The van der Waals surface area contributed by atoms with Gasteiger partial charge < -0.3 is 19.9 Å². The highest BCUT2D eigenvalue weighted by Gasteiger charge is 2.44. The second-order valence-corrected chi connectivity index (χ2v) is 5.05. The summed E-state index contributed by atoms with van der Waals surface area (Å²) in [6, 6.07) is 4.06.